The third-order valence-electron chi connectivity index (χ3n) is 2.86. The Bertz CT molecular complexity index is 557. The van der Waals surface area contributed by atoms with Crippen LogP contribution in [0.4, 0.5) is 0 Å². The minimum absolute atomic E-state index is 0.00450. The monoisotopic (exact) mass is 247 g/mol. The fourth-order valence-electron chi connectivity index (χ4n) is 1.79. The summed E-state index contributed by atoms with van der Waals surface area (Å²) in [5, 5.41) is 13.2. The van der Waals surface area contributed by atoms with E-state index in [0.717, 1.165) is 16.5 Å². The van der Waals surface area contributed by atoms with E-state index in [1.54, 1.807) is 24.5 Å². The largest absolute Gasteiger partial charge is 0.508 e. The highest BCUT2D eigenvalue weighted by atomic mass is 16.3. The van der Waals surface area contributed by atoms with Gasteiger partial charge in [0.1, 0.15) is 11.3 Å². The number of amides is 1. The fourth-order valence-corrected chi connectivity index (χ4v) is 1.79. The Morgan fingerprint density at radius 3 is 2.94 bits per heavy atom. The second-order valence-electron chi connectivity index (χ2n) is 4.64. The number of fused-ring (bicyclic) bond motifs is 1. The molecule has 0 saturated heterocycles. The zero-order valence-electron chi connectivity index (χ0n) is 10.6. The number of nitrogens with one attached hydrogen (secondary N) is 1. The molecule has 0 bridgehead atoms. The smallest absolute Gasteiger partial charge is 0.222 e. The van der Waals surface area contributed by atoms with E-state index in [9.17, 15) is 9.90 Å². The zero-order valence-corrected chi connectivity index (χ0v) is 10.6. The van der Waals surface area contributed by atoms with Crippen LogP contribution in [0.5, 0.6) is 5.75 Å². The maximum atomic E-state index is 11.4. The van der Waals surface area contributed by atoms with Crippen molar-refractivity contribution >= 4 is 16.9 Å². The van der Waals surface area contributed by atoms with Crippen LogP contribution < -0.4 is 5.32 Å². The van der Waals surface area contributed by atoms with Gasteiger partial charge in [-0.25, -0.2) is 0 Å². The summed E-state index contributed by atoms with van der Waals surface area (Å²) < 4.78 is 5.39. The molecule has 2 N–H and O–H groups in total. The quantitative estimate of drug-likeness (QED) is 0.872. The average molecular weight is 247 g/mol. The van der Waals surface area contributed by atoms with Crippen molar-refractivity contribution in [3.8, 4) is 5.75 Å². The number of aromatic hydroxyl groups is 1. The molecule has 0 radical (unpaired) electrons. The topological polar surface area (TPSA) is 62.5 Å². The van der Waals surface area contributed by atoms with Crippen molar-refractivity contribution in [2.75, 3.05) is 6.54 Å². The zero-order chi connectivity index (χ0) is 13.1. The first kappa shape index (κ1) is 12.5. The fraction of sp³-hybridized carbons (Fsp3) is 0.357. The van der Waals surface area contributed by atoms with Gasteiger partial charge in [0.2, 0.25) is 5.91 Å². The van der Waals surface area contributed by atoms with Gasteiger partial charge in [-0.2, -0.15) is 0 Å². The molecule has 1 aromatic heterocycles. The molecule has 96 valence electrons. The minimum atomic E-state index is -0.00450. The first-order chi connectivity index (χ1) is 8.58. The van der Waals surface area contributed by atoms with Gasteiger partial charge in [-0.1, -0.05) is 13.8 Å². The maximum Gasteiger partial charge on any atom is 0.222 e. The molecule has 1 amide bonds. The molecule has 2 aromatic rings. The summed E-state index contributed by atoms with van der Waals surface area (Å²) in [5.41, 5.74) is 1.74. The van der Waals surface area contributed by atoms with Crippen molar-refractivity contribution in [1.82, 2.24) is 5.32 Å². The predicted molar refractivity (Wildman–Crippen MR) is 69.4 cm³/mol. The van der Waals surface area contributed by atoms with Gasteiger partial charge < -0.3 is 14.8 Å². The molecule has 0 aliphatic rings. The lowest BCUT2D eigenvalue weighted by atomic mass is 10.1. The Hall–Kier alpha value is -1.97. The predicted octanol–water partition coefficient (Wildman–Crippen LogP) is 2.45. The molecule has 4 nitrogen and oxygen atoms in total. The molecule has 0 saturated carbocycles. The van der Waals surface area contributed by atoms with Crippen molar-refractivity contribution in [3.63, 3.8) is 0 Å². The van der Waals surface area contributed by atoms with E-state index in [1.807, 2.05) is 13.8 Å². The number of carbonyl (C=O) groups excluding carboxylic acids is 1. The molecule has 1 aromatic carbocycles. The number of hydrogen-bond acceptors (Lipinski definition) is 3. The molecule has 0 atom stereocenters. The first-order valence-electron chi connectivity index (χ1n) is 6.04. The lowest BCUT2D eigenvalue weighted by Crippen LogP contribution is -2.29. The summed E-state index contributed by atoms with van der Waals surface area (Å²) in [6.07, 6.45) is 2.36. The average Bonchev–Trinajstić information content (AvgIpc) is 2.71. The van der Waals surface area contributed by atoms with E-state index >= 15 is 0 Å². The Morgan fingerprint density at radius 1 is 1.44 bits per heavy atom. The van der Waals surface area contributed by atoms with Gasteiger partial charge in [0, 0.05) is 23.4 Å². The van der Waals surface area contributed by atoms with E-state index in [-0.39, 0.29) is 17.6 Å². The summed E-state index contributed by atoms with van der Waals surface area (Å²) >= 11 is 0. The Labute approximate surface area is 106 Å². The van der Waals surface area contributed by atoms with Crippen molar-refractivity contribution < 1.29 is 14.3 Å². The molecule has 0 aliphatic heterocycles. The van der Waals surface area contributed by atoms with E-state index < -0.39 is 0 Å². The number of phenolic OH excluding ortho intramolecular Hbond substituents is 1. The molecule has 0 unspecified atom stereocenters. The molecule has 0 spiro atoms. The maximum absolute atomic E-state index is 11.4. The SMILES string of the molecule is CC(C)C(=O)NCCc1coc2ccc(O)cc12. The van der Waals surface area contributed by atoms with Gasteiger partial charge in [0.05, 0.1) is 6.26 Å². The van der Waals surface area contributed by atoms with Crippen molar-refractivity contribution in [2.45, 2.75) is 20.3 Å². The van der Waals surface area contributed by atoms with E-state index in [0.29, 0.717) is 13.0 Å². The van der Waals surface area contributed by atoms with Crippen LogP contribution >= 0.6 is 0 Å². The summed E-state index contributed by atoms with van der Waals surface area (Å²) in [6, 6.07) is 5.01. The van der Waals surface area contributed by atoms with Gasteiger partial charge in [-0.15, -0.1) is 0 Å². The molecule has 4 heteroatoms. The van der Waals surface area contributed by atoms with Crippen molar-refractivity contribution in [1.29, 1.82) is 0 Å². The van der Waals surface area contributed by atoms with Crippen LogP contribution in [0.1, 0.15) is 19.4 Å². The highest BCUT2D eigenvalue weighted by Gasteiger charge is 2.09. The number of furan rings is 1. The lowest BCUT2D eigenvalue weighted by molar-refractivity contribution is -0.123. The number of phenols is 1. The lowest BCUT2D eigenvalue weighted by Gasteiger charge is -2.06. The van der Waals surface area contributed by atoms with Crippen LogP contribution in [0.3, 0.4) is 0 Å². The van der Waals surface area contributed by atoms with Crippen LogP contribution in [0.25, 0.3) is 11.0 Å². The standard InChI is InChI=1S/C14H17NO3/c1-9(2)14(17)15-6-5-10-8-18-13-4-3-11(16)7-12(10)13/h3-4,7-9,16H,5-6H2,1-2H3,(H,15,17). The summed E-state index contributed by atoms with van der Waals surface area (Å²) in [6.45, 7) is 4.29. The van der Waals surface area contributed by atoms with Crippen LogP contribution in [0.2, 0.25) is 0 Å². The normalized spacial score (nSPS) is 11.1. The molecule has 1 heterocycles. The van der Waals surface area contributed by atoms with E-state index in [1.165, 1.54) is 0 Å². The summed E-state index contributed by atoms with van der Waals surface area (Å²) in [4.78, 5) is 11.4. The molecular formula is C14H17NO3. The van der Waals surface area contributed by atoms with E-state index in [4.69, 9.17) is 4.42 Å². The Balaban J connectivity index is 2.04. The number of rotatable bonds is 4. The molecule has 0 fully saturated rings. The number of benzene rings is 1. The van der Waals surface area contributed by atoms with Gasteiger partial charge in [0.15, 0.2) is 0 Å². The Kier molecular flexibility index (Phi) is 3.55. The van der Waals surface area contributed by atoms with Crippen LogP contribution in [0.15, 0.2) is 28.9 Å². The molecule has 2 rings (SSSR count). The van der Waals surface area contributed by atoms with E-state index in [2.05, 4.69) is 5.32 Å². The third-order valence-corrected chi connectivity index (χ3v) is 2.86. The highest BCUT2D eigenvalue weighted by Crippen LogP contribution is 2.25. The summed E-state index contributed by atoms with van der Waals surface area (Å²) in [5.74, 6) is 0.261. The van der Waals surface area contributed by atoms with Crippen molar-refractivity contribution in [2.24, 2.45) is 5.92 Å². The summed E-state index contributed by atoms with van der Waals surface area (Å²) in [7, 11) is 0. The minimum Gasteiger partial charge on any atom is -0.508 e. The second-order valence-corrected chi connectivity index (χ2v) is 4.64. The van der Waals surface area contributed by atoms with Gasteiger partial charge in [0.25, 0.3) is 0 Å². The second kappa shape index (κ2) is 5.12. The molecule has 18 heavy (non-hydrogen) atoms. The van der Waals surface area contributed by atoms with Crippen LogP contribution in [-0.2, 0) is 11.2 Å². The van der Waals surface area contributed by atoms with Gasteiger partial charge in [-0.3, -0.25) is 4.79 Å². The number of carbonyl (C=O) groups is 1. The van der Waals surface area contributed by atoms with Crippen LogP contribution in [-0.4, -0.2) is 17.6 Å². The third kappa shape index (κ3) is 2.64. The molecule has 0 aliphatic carbocycles. The first-order valence-corrected chi connectivity index (χ1v) is 6.04. The number of hydrogen-bond donors (Lipinski definition) is 2. The van der Waals surface area contributed by atoms with Crippen molar-refractivity contribution in [3.05, 3.63) is 30.0 Å². The highest BCUT2D eigenvalue weighted by molar-refractivity contribution is 5.82. The van der Waals surface area contributed by atoms with Gasteiger partial charge in [-0.05, 0) is 24.6 Å². The molecular weight excluding hydrogens is 230 g/mol. The van der Waals surface area contributed by atoms with Crippen LogP contribution in [0, 0.1) is 5.92 Å². The van der Waals surface area contributed by atoms with Gasteiger partial charge >= 0.3 is 0 Å². The Morgan fingerprint density at radius 2 is 2.22 bits per heavy atom.